The SMILES string of the molecule is CCNC(=NCC1CC(=O)Nc2ccccc21)NCCCCOCCOC.I. The molecule has 1 aromatic carbocycles. The van der Waals surface area contributed by atoms with Crippen LogP contribution in [-0.4, -0.2) is 58.4 Å². The smallest absolute Gasteiger partial charge is 0.225 e. The summed E-state index contributed by atoms with van der Waals surface area (Å²) < 4.78 is 10.4. The molecule has 0 aliphatic carbocycles. The van der Waals surface area contributed by atoms with Crippen LogP contribution in [0.3, 0.4) is 0 Å². The van der Waals surface area contributed by atoms with Gasteiger partial charge in [-0.1, -0.05) is 18.2 Å². The second-order valence-corrected chi connectivity index (χ2v) is 6.50. The van der Waals surface area contributed by atoms with Crippen LogP contribution in [0.2, 0.25) is 0 Å². The van der Waals surface area contributed by atoms with Crippen molar-refractivity contribution in [2.45, 2.75) is 32.1 Å². The van der Waals surface area contributed by atoms with Gasteiger partial charge in [0.1, 0.15) is 0 Å². The van der Waals surface area contributed by atoms with E-state index in [-0.39, 0.29) is 35.8 Å². The Morgan fingerprint density at radius 3 is 2.82 bits per heavy atom. The molecule has 1 heterocycles. The number of carbonyl (C=O) groups excluding carboxylic acids is 1. The van der Waals surface area contributed by atoms with Crippen LogP contribution in [0.4, 0.5) is 5.69 Å². The minimum atomic E-state index is 0. The Morgan fingerprint density at radius 1 is 1.21 bits per heavy atom. The zero-order valence-electron chi connectivity index (χ0n) is 16.8. The number of guanidine groups is 1. The molecule has 0 saturated heterocycles. The number of rotatable bonds is 11. The summed E-state index contributed by atoms with van der Waals surface area (Å²) in [4.78, 5) is 16.6. The quantitative estimate of drug-likeness (QED) is 0.187. The van der Waals surface area contributed by atoms with E-state index in [1.165, 1.54) is 0 Å². The number of aliphatic imine (C=N–C) groups is 1. The molecule has 28 heavy (non-hydrogen) atoms. The number of anilines is 1. The van der Waals surface area contributed by atoms with Gasteiger partial charge in [-0.2, -0.15) is 0 Å². The molecule has 7 nitrogen and oxygen atoms in total. The van der Waals surface area contributed by atoms with Crippen LogP contribution < -0.4 is 16.0 Å². The zero-order valence-corrected chi connectivity index (χ0v) is 19.2. The van der Waals surface area contributed by atoms with Gasteiger partial charge in [-0.3, -0.25) is 9.79 Å². The first-order valence-corrected chi connectivity index (χ1v) is 9.72. The van der Waals surface area contributed by atoms with Crippen molar-refractivity contribution in [3.05, 3.63) is 29.8 Å². The van der Waals surface area contributed by atoms with Crippen LogP contribution in [0.25, 0.3) is 0 Å². The average molecular weight is 504 g/mol. The van der Waals surface area contributed by atoms with Gasteiger partial charge < -0.3 is 25.4 Å². The van der Waals surface area contributed by atoms with Crippen molar-refractivity contribution in [1.82, 2.24) is 10.6 Å². The number of hydrogen-bond acceptors (Lipinski definition) is 4. The lowest BCUT2D eigenvalue weighted by Crippen LogP contribution is -2.38. The molecule has 1 aliphatic heterocycles. The summed E-state index contributed by atoms with van der Waals surface area (Å²) in [6, 6.07) is 7.96. The first-order valence-electron chi connectivity index (χ1n) is 9.72. The second-order valence-electron chi connectivity index (χ2n) is 6.50. The van der Waals surface area contributed by atoms with E-state index < -0.39 is 0 Å². The van der Waals surface area contributed by atoms with Crippen LogP contribution in [0, 0.1) is 0 Å². The molecule has 3 N–H and O–H groups in total. The molecule has 1 unspecified atom stereocenters. The molecular formula is C20H33IN4O3. The van der Waals surface area contributed by atoms with Crippen LogP contribution >= 0.6 is 24.0 Å². The highest BCUT2D eigenvalue weighted by atomic mass is 127. The van der Waals surface area contributed by atoms with E-state index in [0.29, 0.717) is 26.2 Å². The summed E-state index contributed by atoms with van der Waals surface area (Å²) in [6.45, 7) is 6.29. The van der Waals surface area contributed by atoms with Crippen molar-refractivity contribution in [3.8, 4) is 0 Å². The number of para-hydroxylation sites is 1. The molecule has 1 aliphatic rings. The van der Waals surface area contributed by atoms with E-state index in [1.54, 1.807) is 7.11 Å². The average Bonchev–Trinajstić information content (AvgIpc) is 2.67. The number of fused-ring (bicyclic) bond motifs is 1. The number of halogens is 1. The van der Waals surface area contributed by atoms with Crippen molar-refractivity contribution in [1.29, 1.82) is 0 Å². The van der Waals surface area contributed by atoms with Gasteiger partial charge in [0, 0.05) is 44.8 Å². The molecule has 1 atom stereocenters. The highest BCUT2D eigenvalue weighted by molar-refractivity contribution is 14.0. The normalized spacial score (nSPS) is 16.0. The molecule has 1 amide bonds. The number of methoxy groups -OCH3 is 1. The Kier molecular flexibility index (Phi) is 12.8. The molecule has 0 aromatic heterocycles. The number of benzene rings is 1. The van der Waals surface area contributed by atoms with Gasteiger partial charge in [0.2, 0.25) is 5.91 Å². The summed E-state index contributed by atoms with van der Waals surface area (Å²) in [5.41, 5.74) is 2.06. The maximum absolute atomic E-state index is 11.9. The van der Waals surface area contributed by atoms with E-state index in [0.717, 1.165) is 49.7 Å². The van der Waals surface area contributed by atoms with E-state index in [2.05, 4.69) is 22.0 Å². The summed E-state index contributed by atoms with van der Waals surface area (Å²) in [5, 5.41) is 9.55. The summed E-state index contributed by atoms with van der Waals surface area (Å²) in [6.07, 6.45) is 2.47. The van der Waals surface area contributed by atoms with Crippen molar-refractivity contribution >= 4 is 41.5 Å². The fraction of sp³-hybridized carbons (Fsp3) is 0.600. The number of nitrogens with one attached hydrogen (secondary N) is 3. The third kappa shape index (κ3) is 8.74. The summed E-state index contributed by atoms with van der Waals surface area (Å²) in [5.74, 6) is 0.959. The molecule has 2 rings (SSSR count). The van der Waals surface area contributed by atoms with Gasteiger partial charge >= 0.3 is 0 Å². The van der Waals surface area contributed by atoms with Gasteiger partial charge in [0.15, 0.2) is 5.96 Å². The molecule has 0 bridgehead atoms. The van der Waals surface area contributed by atoms with Crippen molar-refractivity contribution < 1.29 is 14.3 Å². The van der Waals surface area contributed by atoms with Gasteiger partial charge in [-0.05, 0) is 31.4 Å². The Hall–Kier alpha value is -1.39. The summed E-state index contributed by atoms with van der Waals surface area (Å²) in [7, 11) is 1.67. The van der Waals surface area contributed by atoms with E-state index in [1.807, 2.05) is 25.1 Å². The standard InChI is InChI=1S/C20H32N4O3.HI/c1-3-21-20(22-10-6-7-11-27-13-12-26-2)23-15-16-14-19(25)24-18-9-5-4-8-17(16)18;/h4-5,8-9,16H,3,6-7,10-15H2,1-2H3,(H,24,25)(H2,21,22,23);1H. The minimum Gasteiger partial charge on any atom is -0.382 e. The Morgan fingerprint density at radius 2 is 2.04 bits per heavy atom. The lowest BCUT2D eigenvalue weighted by atomic mass is 9.91. The largest absolute Gasteiger partial charge is 0.382 e. The van der Waals surface area contributed by atoms with E-state index in [9.17, 15) is 4.79 Å². The molecular weight excluding hydrogens is 471 g/mol. The predicted octanol–water partition coefficient (Wildman–Crippen LogP) is 2.73. The molecule has 0 radical (unpaired) electrons. The highest BCUT2D eigenvalue weighted by Gasteiger charge is 2.24. The van der Waals surface area contributed by atoms with Gasteiger partial charge in [0.25, 0.3) is 0 Å². The Bertz CT molecular complexity index is 613. The molecule has 0 spiro atoms. The highest BCUT2D eigenvalue weighted by Crippen LogP contribution is 2.31. The Labute approximate surface area is 185 Å². The van der Waals surface area contributed by atoms with Gasteiger partial charge in [0.05, 0.1) is 19.8 Å². The number of nitrogens with zero attached hydrogens (tertiary/aromatic N) is 1. The van der Waals surface area contributed by atoms with Crippen LogP contribution in [0.15, 0.2) is 29.3 Å². The lowest BCUT2D eigenvalue weighted by Gasteiger charge is -2.24. The first kappa shape index (κ1) is 24.6. The number of ether oxygens (including phenoxy) is 2. The molecule has 0 saturated carbocycles. The molecule has 158 valence electrons. The summed E-state index contributed by atoms with van der Waals surface area (Å²) >= 11 is 0. The number of carbonyl (C=O) groups is 1. The van der Waals surface area contributed by atoms with Crippen molar-refractivity contribution in [3.63, 3.8) is 0 Å². The van der Waals surface area contributed by atoms with Crippen LogP contribution in [-0.2, 0) is 14.3 Å². The fourth-order valence-corrected chi connectivity index (χ4v) is 2.99. The molecule has 8 heteroatoms. The van der Waals surface area contributed by atoms with Crippen LogP contribution in [0.1, 0.15) is 37.7 Å². The zero-order chi connectivity index (χ0) is 19.3. The molecule has 0 fully saturated rings. The number of hydrogen-bond donors (Lipinski definition) is 3. The second kappa shape index (κ2) is 14.6. The van der Waals surface area contributed by atoms with Gasteiger partial charge in [-0.15, -0.1) is 24.0 Å². The Balaban J connectivity index is 0.00000392. The van der Waals surface area contributed by atoms with Gasteiger partial charge in [-0.25, -0.2) is 0 Å². The van der Waals surface area contributed by atoms with E-state index >= 15 is 0 Å². The maximum Gasteiger partial charge on any atom is 0.225 e. The monoisotopic (exact) mass is 504 g/mol. The number of unbranched alkanes of at least 4 members (excludes halogenated alkanes) is 1. The molecule has 1 aromatic rings. The topological polar surface area (TPSA) is 84.0 Å². The van der Waals surface area contributed by atoms with Crippen molar-refractivity contribution in [2.75, 3.05) is 51.9 Å². The fourth-order valence-electron chi connectivity index (χ4n) is 2.99. The third-order valence-electron chi connectivity index (χ3n) is 4.36. The third-order valence-corrected chi connectivity index (χ3v) is 4.36. The maximum atomic E-state index is 11.9. The predicted molar refractivity (Wildman–Crippen MR) is 124 cm³/mol. The van der Waals surface area contributed by atoms with E-state index in [4.69, 9.17) is 14.5 Å². The first-order chi connectivity index (χ1) is 13.2. The number of amides is 1. The lowest BCUT2D eigenvalue weighted by molar-refractivity contribution is -0.116. The minimum absolute atomic E-state index is 0. The van der Waals surface area contributed by atoms with Crippen molar-refractivity contribution in [2.24, 2.45) is 4.99 Å². The van der Waals surface area contributed by atoms with Crippen LogP contribution in [0.5, 0.6) is 0 Å².